The van der Waals surface area contributed by atoms with E-state index in [0.29, 0.717) is 19.3 Å². The SMILES string of the molecule is CCC(=O)[OH2+].O=C([O-])CCCCCO. The third-order valence-corrected chi connectivity index (χ3v) is 1.36. The molecule has 0 spiro atoms. The van der Waals surface area contributed by atoms with Crippen LogP contribution < -0.4 is 5.11 Å². The van der Waals surface area contributed by atoms with Crippen molar-refractivity contribution in [3.8, 4) is 0 Å². The van der Waals surface area contributed by atoms with Crippen molar-refractivity contribution in [1.29, 1.82) is 0 Å². The van der Waals surface area contributed by atoms with Gasteiger partial charge in [-0.1, -0.05) is 6.42 Å². The van der Waals surface area contributed by atoms with Crippen molar-refractivity contribution >= 4 is 11.9 Å². The van der Waals surface area contributed by atoms with E-state index in [1.807, 2.05) is 0 Å². The number of aliphatic hydroxyl groups is 1. The molecule has 0 unspecified atom stereocenters. The summed E-state index contributed by atoms with van der Waals surface area (Å²) in [5, 5.41) is 24.2. The number of aliphatic carboxylic acids is 1. The molecule has 0 aromatic heterocycles. The molecule has 0 aliphatic rings. The number of hydrogen-bond donors (Lipinski definition) is 1. The number of carboxylic acid groups (broad SMARTS) is 1. The minimum Gasteiger partial charge on any atom is -0.565 e. The van der Waals surface area contributed by atoms with Crippen LogP contribution in [0.2, 0.25) is 0 Å². The molecule has 0 radical (unpaired) electrons. The van der Waals surface area contributed by atoms with Gasteiger partial charge in [0.25, 0.3) is 0 Å². The fraction of sp³-hybridized carbons (Fsp3) is 0.778. The molecule has 0 aliphatic heterocycles. The van der Waals surface area contributed by atoms with Gasteiger partial charge in [-0.05, 0) is 26.2 Å². The maximum absolute atomic E-state index is 9.79. The van der Waals surface area contributed by atoms with E-state index in [1.165, 1.54) is 0 Å². The summed E-state index contributed by atoms with van der Waals surface area (Å²) in [5.41, 5.74) is 0. The van der Waals surface area contributed by atoms with Gasteiger partial charge in [0.1, 0.15) is 6.42 Å². The molecule has 0 heterocycles. The average molecular weight is 206 g/mol. The fourth-order valence-corrected chi connectivity index (χ4v) is 0.558. The van der Waals surface area contributed by atoms with Gasteiger partial charge in [-0.3, -0.25) is 0 Å². The molecule has 0 saturated heterocycles. The molecule has 5 heteroatoms. The number of carbonyl (C=O) groups excluding carboxylic acids is 2. The van der Waals surface area contributed by atoms with Gasteiger partial charge in [0, 0.05) is 17.4 Å². The Hall–Kier alpha value is -1.10. The standard InChI is InChI=1S/C6H12O3.C3H6O2/c7-5-3-1-2-4-6(8)9;1-2-3(4)5/h7H,1-5H2,(H,8,9);2H2,1H3,(H,4,5). The van der Waals surface area contributed by atoms with E-state index in [1.54, 1.807) is 6.92 Å². The normalized spacial score (nSPS) is 8.71. The molecule has 0 aliphatic carbocycles. The van der Waals surface area contributed by atoms with Crippen molar-refractivity contribution in [2.75, 3.05) is 6.61 Å². The van der Waals surface area contributed by atoms with Gasteiger partial charge in [-0.2, -0.15) is 0 Å². The summed E-state index contributed by atoms with van der Waals surface area (Å²) < 4.78 is 0. The Kier molecular flexibility index (Phi) is 13.1. The largest absolute Gasteiger partial charge is 0.565 e. The van der Waals surface area contributed by atoms with Crippen LogP contribution in [0.3, 0.4) is 0 Å². The Morgan fingerprint density at radius 2 is 1.79 bits per heavy atom. The van der Waals surface area contributed by atoms with E-state index >= 15 is 0 Å². The molecule has 0 aromatic rings. The number of carbonyl (C=O) groups is 2. The van der Waals surface area contributed by atoms with Gasteiger partial charge < -0.3 is 20.1 Å². The Morgan fingerprint density at radius 1 is 1.29 bits per heavy atom. The molecule has 0 rings (SSSR count). The zero-order valence-electron chi connectivity index (χ0n) is 8.41. The van der Waals surface area contributed by atoms with Crippen molar-refractivity contribution in [3.63, 3.8) is 0 Å². The van der Waals surface area contributed by atoms with Crippen molar-refractivity contribution in [3.05, 3.63) is 0 Å². The summed E-state index contributed by atoms with van der Waals surface area (Å²) in [6, 6.07) is 0. The first kappa shape index (κ1) is 15.4. The second kappa shape index (κ2) is 11.9. The van der Waals surface area contributed by atoms with Crippen LogP contribution >= 0.6 is 0 Å². The summed E-state index contributed by atoms with van der Waals surface area (Å²) >= 11 is 0. The molecule has 0 amide bonds. The van der Waals surface area contributed by atoms with Crippen molar-refractivity contribution in [2.24, 2.45) is 0 Å². The molecule has 0 aromatic carbocycles. The first-order valence-electron chi connectivity index (χ1n) is 4.59. The van der Waals surface area contributed by atoms with Gasteiger partial charge >= 0.3 is 5.97 Å². The lowest BCUT2D eigenvalue weighted by molar-refractivity contribution is -0.305. The summed E-state index contributed by atoms with van der Waals surface area (Å²) in [5.74, 6) is -1.50. The summed E-state index contributed by atoms with van der Waals surface area (Å²) in [7, 11) is 0. The first-order valence-corrected chi connectivity index (χ1v) is 4.59. The van der Waals surface area contributed by atoms with Crippen LogP contribution in [0, 0.1) is 0 Å². The van der Waals surface area contributed by atoms with E-state index in [-0.39, 0.29) is 13.0 Å². The van der Waals surface area contributed by atoms with E-state index in [2.05, 4.69) is 0 Å². The van der Waals surface area contributed by atoms with Crippen LogP contribution in [0.25, 0.3) is 0 Å². The predicted molar refractivity (Wildman–Crippen MR) is 49.5 cm³/mol. The maximum atomic E-state index is 9.79. The Labute approximate surface area is 83.4 Å². The molecule has 0 fully saturated rings. The van der Waals surface area contributed by atoms with Gasteiger partial charge in [0.05, 0.1) is 0 Å². The minimum absolute atomic E-state index is 0.111. The van der Waals surface area contributed by atoms with Crippen molar-refractivity contribution < 1.29 is 24.9 Å². The van der Waals surface area contributed by atoms with Crippen LogP contribution in [-0.4, -0.2) is 28.8 Å². The predicted octanol–water partition coefficient (Wildman–Crippen LogP) is -1.06. The van der Waals surface area contributed by atoms with E-state index < -0.39 is 11.9 Å². The van der Waals surface area contributed by atoms with Crippen LogP contribution in [0.15, 0.2) is 0 Å². The molecule has 0 bridgehead atoms. The molecule has 84 valence electrons. The number of unbranched alkanes of at least 4 members (excludes halogenated alkanes) is 2. The average Bonchev–Trinajstić information content (AvgIpc) is 2.13. The minimum atomic E-state index is -1.01. The number of aliphatic hydroxyl groups excluding tert-OH is 1. The molecule has 0 saturated carbocycles. The highest BCUT2D eigenvalue weighted by atomic mass is 16.4. The topological polar surface area (TPSA) is 100 Å². The molecular weight excluding hydrogens is 188 g/mol. The summed E-state index contributed by atoms with van der Waals surface area (Å²) in [6.45, 7) is 1.81. The lowest BCUT2D eigenvalue weighted by Gasteiger charge is -1.98. The second-order valence-electron chi connectivity index (χ2n) is 2.68. The molecule has 0 atom stereocenters. The first-order chi connectivity index (χ1) is 6.54. The zero-order valence-corrected chi connectivity index (χ0v) is 8.41. The third-order valence-electron chi connectivity index (χ3n) is 1.36. The maximum Gasteiger partial charge on any atom is 0.515 e. The van der Waals surface area contributed by atoms with Gasteiger partial charge in [0.15, 0.2) is 0 Å². The number of carboxylic acids is 1. The fourth-order valence-electron chi connectivity index (χ4n) is 0.558. The Balaban J connectivity index is 0. The van der Waals surface area contributed by atoms with Crippen LogP contribution in [0.1, 0.15) is 39.0 Å². The van der Waals surface area contributed by atoms with Crippen LogP contribution in [-0.2, 0) is 9.59 Å². The lowest BCUT2D eigenvalue weighted by atomic mass is 10.2. The lowest BCUT2D eigenvalue weighted by Crippen LogP contribution is -2.21. The highest BCUT2D eigenvalue weighted by Crippen LogP contribution is 1.96. The highest BCUT2D eigenvalue weighted by molar-refractivity contribution is 5.66. The van der Waals surface area contributed by atoms with E-state index in [0.717, 1.165) is 6.42 Å². The monoisotopic (exact) mass is 206 g/mol. The quantitative estimate of drug-likeness (QED) is 0.442. The molecule has 3 N–H and O–H groups in total. The van der Waals surface area contributed by atoms with Gasteiger partial charge in [-0.15, -0.1) is 0 Å². The Bertz CT molecular complexity index is 155. The van der Waals surface area contributed by atoms with E-state index in [9.17, 15) is 14.7 Å². The molecule has 14 heavy (non-hydrogen) atoms. The van der Waals surface area contributed by atoms with Crippen LogP contribution in [0.4, 0.5) is 0 Å². The second-order valence-corrected chi connectivity index (χ2v) is 2.68. The summed E-state index contributed by atoms with van der Waals surface area (Å²) in [6.07, 6.45) is 2.51. The molecular formula is C9H18O5. The number of rotatable bonds is 6. The van der Waals surface area contributed by atoms with Crippen molar-refractivity contribution in [1.82, 2.24) is 0 Å². The summed E-state index contributed by atoms with van der Waals surface area (Å²) in [4.78, 5) is 19.3. The van der Waals surface area contributed by atoms with Gasteiger partial charge in [-0.25, -0.2) is 0 Å². The third kappa shape index (κ3) is 22.4. The Morgan fingerprint density at radius 3 is 2.07 bits per heavy atom. The van der Waals surface area contributed by atoms with Crippen LogP contribution in [0.5, 0.6) is 0 Å². The highest BCUT2D eigenvalue weighted by Gasteiger charge is 1.94. The number of hydrogen-bond acceptors (Lipinski definition) is 4. The van der Waals surface area contributed by atoms with Gasteiger partial charge in [0.2, 0.25) is 0 Å². The molecule has 5 nitrogen and oxygen atoms in total. The zero-order chi connectivity index (χ0) is 11.4. The van der Waals surface area contributed by atoms with E-state index in [4.69, 9.17) is 10.2 Å². The van der Waals surface area contributed by atoms with Crippen molar-refractivity contribution in [2.45, 2.75) is 39.0 Å². The smallest absolute Gasteiger partial charge is 0.515 e.